The molecule has 1 atom stereocenters. The smallest absolute Gasteiger partial charge is 0.306 e. The molecule has 40 heavy (non-hydrogen) atoms. The van der Waals surface area contributed by atoms with E-state index < -0.39 is 14.1 Å². The number of unbranched alkanes of at least 4 members (excludes halogenated alkanes) is 26. The van der Waals surface area contributed by atoms with Crippen molar-refractivity contribution in [2.45, 2.75) is 207 Å². The van der Waals surface area contributed by atoms with Crippen molar-refractivity contribution in [3.63, 3.8) is 0 Å². The van der Waals surface area contributed by atoms with Crippen molar-refractivity contribution in [3.05, 3.63) is 0 Å². The van der Waals surface area contributed by atoms with E-state index in [0.717, 1.165) is 25.7 Å². The summed E-state index contributed by atoms with van der Waals surface area (Å²) in [6, 6.07) is 0. The van der Waals surface area contributed by atoms with Gasteiger partial charge in [0, 0.05) is 0 Å². The lowest BCUT2D eigenvalue weighted by molar-refractivity contribution is 0.0845. The van der Waals surface area contributed by atoms with Crippen molar-refractivity contribution in [2.24, 2.45) is 5.73 Å². The number of rotatable bonds is 34. The molecule has 0 aromatic carbocycles. The summed E-state index contributed by atoms with van der Waals surface area (Å²) < 4.78 is 29.5. The van der Waals surface area contributed by atoms with Gasteiger partial charge in [-0.05, 0) is 19.8 Å². The van der Waals surface area contributed by atoms with Gasteiger partial charge in [-0.3, -0.25) is 13.6 Å². The lowest BCUT2D eigenvalue weighted by atomic mass is 10.0. The van der Waals surface area contributed by atoms with Crippen LogP contribution in [0.1, 0.15) is 201 Å². The van der Waals surface area contributed by atoms with E-state index >= 15 is 0 Å². The first-order valence-electron chi connectivity index (χ1n) is 17.9. The normalized spacial score (nSPS) is 12.8. The Labute approximate surface area is 251 Å². The maximum Gasteiger partial charge on any atom is 0.476 e. The zero-order chi connectivity index (χ0) is 29.4. The Morgan fingerprint density at radius 1 is 0.450 bits per heavy atom. The molecule has 0 radical (unpaired) electrons. The Bertz CT molecular complexity index is 494. The second-order valence-electron chi connectivity index (χ2n) is 12.1. The summed E-state index contributed by atoms with van der Waals surface area (Å²) in [4.78, 5) is 0. The molecular weight excluding hydrogens is 517 g/mol. The molecule has 0 amide bonds. The Morgan fingerprint density at radius 2 is 0.675 bits per heavy atom. The average Bonchev–Trinajstić information content (AvgIpc) is 2.92. The predicted molar refractivity (Wildman–Crippen MR) is 175 cm³/mol. The van der Waals surface area contributed by atoms with Crippen LogP contribution in [-0.2, 0) is 18.1 Å². The van der Waals surface area contributed by atoms with E-state index in [4.69, 9.17) is 19.3 Å². The molecule has 0 spiro atoms. The Morgan fingerprint density at radius 3 is 0.900 bits per heavy atom. The van der Waals surface area contributed by atoms with Crippen molar-refractivity contribution in [2.75, 3.05) is 13.2 Å². The van der Waals surface area contributed by atoms with Crippen molar-refractivity contribution in [1.82, 2.24) is 0 Å². The van der Waals surface area contributed by atoms with Gasteiger partial charge in [-0.2, -0.15) is 0 Å². The van der Waals surface area contributed by atoms with Crippen molar-refractivity contribution in [1.29, 1.82) is 0 Å². The second kappa shape index (κ2) is 32.0. The van der Waals surface area contributed by atoms with Gasteiger partial charge in [-0.1, -0.05) is 181 Å². The third-order valence-electron chi connectivity index (χ3n) is 7.79. The maximum absolute atomic E-state index is 12.9. The number of hydrogen-bond acceptors (Lipinski definition) is 5. The number of phosphoric acid groups is 1. The fourth-order valence-electron chi connectivity index (χ4n) is 5.25. The van der Waals surface area contributed by atoms with Gasteiger partial charge in [-0.15, -0.1) is 0 Å². The molecule has 242 valence electrons. The van der Waals surface area contributed by atoms with Crippen LogP contribution in [0.25, 0.3) is 0 Å². The number of hydrogen-bond donors (Lipinski definition) is 1. The summed E-state index contributed by atoms with van der Waals surface area (Å²) in [5.74, 6) is 0. The van der Waals surface area contributed by atoms with Crippen LogP contribution >= 0.6 is 7.82 Å². The highest BCUT2D eigenvalue weighted by atomic mass is 31.2. The Balaban J connectivity index is 3.62. The summed E-state index contributed by atoms with van der Waals surface area (Å²) in [6.45, 7) is 7.03. The molecule has 0 aliphatic rings. The van der Waals surface area contributed by atoms with Crippen LogP contribution in [-0.4, -0.2) is 19.4 Å². The molecule has 2 N–H and O–H groups in total. The summed E-state index contributed by atoms with van der Waals surface area (Å²) in [6.07, 6.45) is 35.9. The van der Waals surface area contributed by atoms with Crippen molar-refractivity contribution < 1.29 is 18.1 Å². The fourth-order valence-corrected chi connectivity index (χ4v) is 6.56. The van der Waals surface area contributed by atoms with Crippen LogP contribution in [0, 0.1) is 0 Å². The highest BCUT2D eigenvalue weighted by molar-refractivity contribution is 7.48. The standard InChI is InChI=1S/C34H72NO4P/c1-4-6-8-10-12-14-16-18-20-22-24-26-28-30-32-37-40(36,39-34(3)35)38-33-31-29-27-25-23-21-19-17-15-13-11-9-7-5-2/h34H,4-33,35H2,1-3H3. The molecule has 5 nitrogen and oxygen atoms in total. The van der Waals surface area contributed by atoms with E-state index in [1.165, 1.54) is 154 Å². The number of nitrogens with two attached hydrogens (primary N) is 1. The highest BCUT2D eigenvalue weighted by Crippen LogP contribution is 2.50. The van der Waals surface area contributed by atoms with Gasteiger partial charge in [-0.25, -0.2) is 4.57 Å². The third kappa shape index (κ3) is 31.0. The van der Waals surface area contributed by atoms with Gasteiger partial charge in [0.2, 0.25) is 0 Å². The van der Waals surface area contributed by atoms with E-state index in [2.05, 4.69) is 13.8 Å². The van der Waals surface area contributed by atoms with E-state index in [1.807, 2.05) is 0 Å². The molecule has 0 aromatic heterocycles. The molecule has 1 unspecified atom stereocenters. The summed E-state index contributed by atoms with van der Waals surface area (Å²) >= 11 is 0. The van der Waals surface area contributed by atoms with Gasteiger partial charge in [0.25, 0.3) is 0 Å². The van der Waals surface area contributed by atoms with Crippen LogP contribution < -0.4 is 5.73 Å². The zero-order valence-electron chi connectivity index (χ0n) is 27.4. The second-order valence-corrected chi connectivity index (χ2v) is 13.7. The molecule has 0 aliphatic carbocycles. The number of phosphoric ester groups is 1. The van der Waals surface area contributed by atoms with Crippen molar-refractivity contribution >= 4 is 7.82 Å². The van der Waals surface area contributed by atoms with Gasteiger partial charge in [0.15, 0.2) is 0 Å². The van der Waals surface area contributed by atoms with Crippen LogP contribution in [0.5, 0.6) is 0 Å². The summed E-state index contributed by atoms with van der Waals surface area (Å²) in [5.41, 5.74) is 5.74. The molecule has 6 heteroatoms. The molecule has 0 bridgehead atoms. The predicted octanol–water partition coefficient (Wildman–Crippen LogP) is 12.4. The lowest BCUT2D eigenvalue weighted by Crippen LogP contribution is -2.19. The zero-order valence-corrected chi connectivity index (χ0v) is 28.3. The van der Waals surface area contributed by atoms with Crippen molar-refractivity contribution in [3.8, 4) is 0 Å². The lowest BCUT2D eigenvalue weighted by Gasteiger charge is -2.20. The Hall–Kier alpha value is 0.0700. The van der Waals surface area contributed by atoms with Gasteiger partial charge >= 0.3 is 7.82 Å². The summed E-state index contributed by atoms with van der Waals surface area (Å²) in [7, 11) is -3.57. The monoisotopic (exact) mass is 590 g/mol. The van der Waals surface area contributed by atoms with E-state index in [0.29, 0.717) is 13.2 Å². The van der Waals surface area contributed by atoms with E-state index in [-0.39, 0.29) is 0 Å². The molecule has 0 rings (SSSR count). The quantitative estimate of drug-likeness (QED) is 0.0459. The molecular formula is C34H72NO4P. The van der Waals surface area contributed by atoms with E-state index in [9.17, 15) is 4.57 Å². The first-order chi connectivity index (χ1) is 19.5. The minimum Gasteiger partial charge on any atom is -0.306 e. The van der Waals surface area contributed by atoms with Gasteiger partial charge < -0.3 is 5.73 Å². The first kappa shape index (κ1) is 40.1. The minimum absolute atomic E-state index is 0.404. The summed E-state index contributed by atoms with van der Waals surface area (Å²) in [5, 5.41) is 0. The molecule has 0 fully saturated rings. The highest BCUT2D eigenvalue weighted by Gasteiger charge is 2.28. The van der Waals surface area contributed by atoms with Crippen LogP contribution in [0.15, 0.2) is 0 Å². The minimum atomic E-state index is -3.57. The first-order valence-corrected chi connectivity index (χ1v) is 19.3. The fraction of sp³-hybridized carbons (Fsp3) is 1.00. The molecule has 0 saturated heterocycles. The SMILES string of the molecule is CCCCCCCCCCCCCCCCOP(=O)(OCCCCCCCCCCCCCCCC)OC(C)N. The Kier molecular flexibility index (Phi) is 32.0. The topological polar surface area (TPSA) is 70.8 Å². The maximum atomic E-state index is 12.9. The largest absolute Gasteiger partial charge is 0.476 e. The van der Waals surface area contributed by atoms with Gasteiger partial charge in [0.05, 0.1) is 13.2 Å². The average molecular weight is 590 g/mol. The van der Waals surface area contributed by atoms with Crippen LogP contribution in [0.4, 0.5) is 0 Å². The third-order valence-corrected chi connectivity index (χ3v) is 9.38. The van der Waals surface area contributed by atoms with Gasteiger partial charge in [0.1, 0.15) is 6.23 Å². The molecule has 0 heterocycles. The molecule has 0 aromatic rings. The molecule has 0 aliphatic heterocycles. The van der Waals surface area contributed by atoms with Crippen LogP contribution in [0.3, 0.4) is 0 Å². The molecule has 0 saturated carbocycles. The van der Waals surface area contributed by atoms with Crippen LogP contribution in [0.2, 0.25) is 0 Å². The van der Waals surface area contributed by atoms with E-state index in [1.54, 1.807) is 6.92 Å².